The monoisotopic (exact) mass is 230 g/mol. The Kier molecular flexibility index (Phi) is 2.39. The van der Waals surface area contributed by atoms with Crippen LogP contribution in [0.1, 0.15) is 15.4 Å². The molecule has 0 bridgehead atoms. The number of ketones is 1. The molecule has 0 saturated carbocycles. The summed E-state index contributed by atoms with van der Waals surface area (Å²) in [5.74, 6) is -0.159. The van der Waals surface area contributed by atoms with Gasteiger partial charge in [0.1, 0.15) is 5.69 Å². The second-order valence-electron chi connectivity index (χ2n) is 2.22. The number of rotatable bonds is 2. The third-order valence-corrected chi connectivity index (χ3v) is 3.26. The van der Waals surface area contributed by atoms with Crippen LogP contribution in [0.4, 0.5) is 0 Å². The smallest absolute Gasteiger partial charge is 0.225 e. The lowest BCUT2D eigenvalue weighted by Crippen LogP contribution is -1.99. The van der Waals surface area contributed by atoms with Gasteiger partial charge in [0, 0.05) is 5.38 Å². The second-order valence-corrected chi connectivity index (χ2v) is 4.15. The van der Waals surface area contributed by atoms with Crippen LogP contribution in [0.3, 0.4) is 0 Å². The van der Waals surface area contributed by atoms with Gasteiger partial charge in [-0.05, 0) is 23.0 Å². The molecule has 0 aliphatic carbocycles. The summed E-state index contributed by atoms with van der Waals surface area (Å²) in [6, 6.07) is 1.69. The molecule has 0 unspecified atom stereocenters. The van der Waals surface area contributed by atoms with Gasteiger partial charge >= 0.3 is 0 Å². The zero-order chi connectivity index (χ0) is 9.26. The van der Waals surface area contributed by atoms with Crippen LogP contribution >= 0.6 is 34.5 Å². The topological polar surface area (TPSA) is 42.9 Å². The van der Waals surface area contributed by atoms with E-state index in [1.807, 2.05) is 0 Å². The Hall–Kier alpha value is -0.780. The van der Waals surface area contributed by atoms with Gasteiger partial charge in [-0.15, -0.1) is 16.4 Å². The molecule has 2 aromatic heterocycles. The number of carbonyl (C=O) groups is 1. The van der Waals surface area contributed by atoms with Crippen molar-refractivity contribution in [3.8, 4) is 0 Å². The van der Waals surface area contributed by atoms with Crippen LogP contribution in [-0.2, 0) is 0 Å². The zero-order valence-electron chi connectivity index (χ0n) is 6.23. The van der Waals surface area contributed by atoms with Gasteiger partial charge in [-0.3, -0.25) is 4.79 Å². The maximum atomic E-state index is 11.6. The van der Waals surface area contributed by atoms with Crippen LogP contribution in [0.15, 0.2) is 16.8 Å². The Morgan fingerprint density at radius 3 is 2.92 bits per heavy atom. The molecule has 0 N–H and O–H groups in total. The van der Waals surface area contributed by atoms with Crippen molar-refractivity contribution < 1.29 is 4.79 Å². The van der Waals surface area contributed by atoms with Gasteiger partial charge in [-0.25, -0.2) is 0 Å². The highest BCUT2D eigenvalue weighted by Gasteiger charge is 2.16. The first-order valence-electron chi connectivity index (χ1n) is 3.34. The fraction of sp³-hybridized carbons (Fsp3) is 0. The van der Waals surface area contributed by atoms with Crippen LogP contribution in [-0.4, -0.2) is 15.4 Å². The normalized spacial score (nSPS) is 10.2. The van der Waals surface area contributed by atoms with E-state index in [0.29, 0.717) is 15.6 Å². The fourth-order valence-corrected chi connectivity index (χ4v) is 2.36. The summed E-state index contributed by atoms with van der Waals surface area (Å²) < 4.78 is 3.62. The van der Waals surface area contributed by atoms with Crippen LogP contribution < -0.4 is 0 Å². The molecule has 0 aliphatic rings. The maximum absolute atomic E-state index is 11.6. The lowest BCUT2D eigenvalue weighted by molar-refractivity contribution is 0.103. The molecule has 0 spiro atoms. The van der Waals surface area contributed by atoms with E-state index in [9.17, 15) is 4.79 Å². The molecule has 0 aromatic carbocycles. The van der Waals surface area contributed by atoms with E-state index in [1.54, 1.807) is 16.8 Å². The Labute approximate surface area is 87.1 Å². The third kappa shape index (κ3) is 1.63. The van der Waals surface area contributed by atoms with E-state index in [0.717, 1.165) is 11.5 Å². The molecule has 66 valence electrons. The molecular weight excluding hydrogens is 228 g/mol. The van der Waals surface area contributed by atoms with Crippen LogP contribution in [0.2, 0.25) is 5.02 Å². The van der Waals surface area contributed by atoms with E-state index in [2.05, 4.69) is 9.59 Å². The van der Waals surface area contributed by atoms with Crippen LogP contribution in [0.25, 0.3) is 0 Å². The van der Waals surface area contributed by atoms with E-state index in [4.69, 9.17) is 11.6 Å². The number of halogens is 1. The van der Waals surface area contributed by atoms with E-state index < -0.39 is 0 Å². The van der Waals surface area contributed by atoms with E-state index >= 15 is 0 Å². The standard InChI is InChI=1S/C7H3ClN2OS2/c8-4-1-2-12-7(4)6(11)5-3-13-10-9-5/h1-3H. The summed E-state index contributed by atoms with van der Waals surface area (Å²) in [4.78, 5) is 12.1. The highest BCUT2D eigenvalue weighted by atomic mass is 35.5. The fourth-order valence-electron chi connectivity index (χ4n) is 0.836. The van der Waals surface area contributed by atoms with Crippen molar-refractivity contribution in [1.82, 2.24) is 9.59 Å². The molecule has 13 heavy (non-hydrogen) atoms. The minimum absolute atomic E-state index is 0.159. The summed E-state index contributed by atoms with van der Waals surface area (Å²) in [6.07, 6.45) is 0. The van der Waals surface area contributed by atoms with Gasteiger partial charge in [-0.1, -0.05) is 16.1 Å². The molecular formula is C7H3ClN2OS2. The molecule has 0 aliphatic heterocycles. The van der Waals surface area contributed by atoms with Gasteiger partial charge in [0.2, 0.25) is 5.78 Å². The van der Waals surface area contributed by atoms with Crippen molar-refractivity contribution in [2.75, 3.05) is 0 Å². The van der Waals surface area contributed by atoms with Crippen molar-refractivity contribution in [2.24, 2.45) is 0 Å². The largest absolute Gasteiger partial charge is 0.286 e. The summed E-state index contributed by atoms with van der Waals surface area (Å²) in [5, 5.41) is 7.54. The van der Waals surface area contributed by atoms with Crippen molar-refractivity contribution in [3.05, 3.63) is 32.4 Å². The Morgan fingerprint density at radius 2 is 2.38 bits per heavy atom. The van der Waals surface area contributed by atoms with Crippen LogP contribution in [0, 0.1) is 0 Å². The predicted molar refractivity (Wildman–Crippen MR) is 52.7 cm³/mol. The first-order valence-corrected chi connectivity index (χ1v) is 5.43. The lowest BCUT2D eigenvalue weighted by Gasteiger charge is -1.91. The first kappa shape index (κ1) is 8.80. The zero-order valence-corrected chi connectivity index (χ0v) is 8.62. The molecule has 3 nitrogen and oxygen atoms in total. The molecule has 0 fully saturated rings. The molecule has 2 heterocycles. The third-order valence-electron chi connectivity index (χ3n) is 1.42. The quantitative estimate of drug-likeness (QED) is 0.745. The van der Waals surface area contributed by atoms with E-state index in [-0.39, 0.29) is 5.78 Å². The molecule has 2 rings (SSSR count). The maximum Gasteiger partial charge on any atom is 0.225 e. The Bertz CT molecular complexity index is 423. The van der Waals surface area contributed by atoms with Gasteiger partial charge in [0.25, 0.3) is 0 Å². The summed E-state index contributed by atoms with van der Waals surface area (Å²) in [6.45, 7) is 0. The summed E-state index contributed by atoms with van der Waals surface area (Å²) in [5.41, 5.74) is 0.356. The number of thiophene rings is 1. The van der Waals surface area contributed by atoms with Gasteiger partial charge < -0.3 is 0 Å². The molecule has 0 amide bonds. The SMILES string of the molecule is O=C(c1csnn1)c1sccc1Cl. The second kappa shape index (κ2) is 3.53. The number of nitrogens with zero attached hydrogens (tertiary/aromatic N) is 2. The molecule has 0 atom stereocenters. The predicted octanol–water partition coefficient (Wildman–Crippen LogP) is 2.48. The van der Waals surface area contributed by atoms with Crippen molar-refractivity contribution in [3.63, 3.8) is 0 Å². The first-order chi connectivity index (χ1) is 6.29. The average molecular weight is 231 g/mol. The van der Waals surface area contributed by atoms with Crippen LogP contribution in [0.5, 0.6) is 0 Å². The molecule has 0 radical (unpaired) electrons. The highest BCUT2D eigenvalue weighted by molar-refractivity contribution is 7.13. The number of hydrogen-bond acceptors (Lipinski definition) is 5. The van der Waals surface area contributed by atoms with Gasteiger partial charge in [-0.2, -0.15) is 0 Å². The molecule has 0 saturated heterocycles. The molecule has 6 heteroatoms. The van der Waals surface area contributed by atoms with E-state index in [1.165, 1.54) is 11.3 Å². The lowest BCUT2D eigenvalue weighted by atomic mass is 10.3. The Morgan fingerprint density at radius 1 is 1.54 bits per heavy atom. The van der Waals surface area contributed by atoms with Crippen molar-refractivity contribution in [2.45, 2.75) is 0 Å². The Balaban J connectivity index is 2.39. The van der Waals surface area contributed by atoms with Crippen molar-refractivity contribution >= 4 is 40.3 Å². The molecule has 2 aromatic rings. The summed E-state index contributed by atoms with van der Waals surface area (Å²) >= 11 is 8.26. The van der Waals surface area contributed by atoms with Gasteiger partial charge in [0.15, 0.2) is 0 Å². The minimum Gasteiger partial charge on any atom is -0.286 e. The number of carbonyl (C=O) groups excluding carboxylic acids is 1. The average Bonchev–Trinajstić information content (AvgIpc) is 2.72. The van der Waals surface area contributed by atoms with Gasteiger partial charge in [0.05, 0.1) is 9.90 Å². The highest BCUT2D eigenvalue weighted by Crippen LogP contribution is 2.24. The van der Waals surface area contributed by atoms with Crippen molar-refractivity contribution in [1.29, 1.82) is 0 Å². The summed E-state index contributed by atoms with van der Waals surface area (Å²) in [7, 11) is 0. The number of hydrogen-bond donors (Lipinski definition) is 0. The number of aromatic nitrogens is 2. The minimum atomic E-state index is -0.159.